The Labute approximate surface area is 321 Å². The molecule has 2 aromatic carbocycles. The number of ether oxygens (including phenoxy) is 1. The van der Waals surface area contributed by atoms with Crippen LogP contribution in [0.4, 0.5) is 16.2 Å². The minimum Gasteiger partial charge on any atom is -0.444 e. The van der Waals surface area contributed by atoms with Gasteiger partial charge in [-0.05, 0) is 99.5 Å². The average Bonchev–Trinajstić information content (AvgIpc) is 3.86. The van der Waals surface area contributed by atoms with Gasteiger partial charge in [-0.15, -0.1) is 0 Å². The Morgan fingerprint density at radius 2 is 1.80 bits per heavy atom. The van der Waals surface area contributed by atoms with E-state index in [1.54, 1.807) is 55.8 Å². The molecule has 0 saturated carbocycles. The van der Waals surface area contributed by atoms with Crippen LogP contribution in [0.3, 0.4) is 0 Å². The van der Waals surface area contributed by atoms with Gasteiger partial charge in [0, 0.05) is 55.4 Å². The highest BCUT2D eigenvalue weighted by Crippen LogP contribution is 2.42. The van der Waals surface area contributed by atoms with E-state index in [1.165, 1.54) is 0 Å². The first kappa shape index (κ1) is 38.7. The summed E-state index contributed by atoms with van der Waals surface area (Å²) in [6, 6.07) is 14.7. The highest BCUT2D eigenvalue weighted by atomic mass is 32.1. The van der Waals surface area contributed by atoms with E-state index in [2.05, 4.69) is 22.1 Å². The lowest BCUT2D eigenvalue weighted by Gasteiger charge is -2.37. The SMILES string of the molecule is CCCn1cc(C[C@@H](NC(=O)C(C)(C)NC(=O)OC(C)(C)C)C(=O)CC2Cc3cccc(N4CCCC4=O)c3N(Cc3ccsc3)C2=O)c2ccccc21. The molecule has 0 radical (unpaired) electrons. The van der Waals surface area contributed by atoms with Crippen LogP contribution < -0.4 is 20.4 Å². The summed E-state index contributed by atoms with van der Waals surface area (Å²) in [5.41, 5.74) is 3.04. The monoisotopic (exact) mass is 753 g/mol. The van der Waals surface area contributed by atoms with Crippen LogP contribution in [0.5, 0.6) is 0 Å². The van der Waals surface area contributed by atoms with Gasteiger partial charge in [0.05, 0.1) is 24.0 Å². The lowest BCUT2D eigenvalue weighted by Crippen LogP contribution is -2.59. The largest absolute Gasteiger partial charge is 0.444 e. The molecule has 4 amide bonds. The standard InChI is InChI=1S/C42H51N5O6S/c1-7-18-45-25-30(31-13-8-9-14-33(31)45)22-32(43-39(51)42(5,6)44-40(52)53-41(2,3)4)35(48)23-29-21-28-12-10-15-34(46-19-11-16-36(46)49)37(28)47(38(29)50)24-27-17-20-54-26-27/h8-10,12-15,17,20,25-26,29,32H,7,11,16,18-19,21-24H2,1-6H3,(H,43,51)(H,44,52)/t29?,32-/m1/s1. The van der Waals surface area contributed by atoms with Gasteiger partial charge in [-0.3, -0.25) is 19.2 Å². The van der Waals surface area contributed by atoms with Crippen molar-refractivity contribution in [2.24, 2.45) is 5.92 Å². The number of aromatic nitrogens is 1. The summed E-state index contributed by atoms with van der Waals surface area (Å²) in [6.07, 6.45) is 3.84. The smallest absolute Gasteiger partial charge is 0.408 e. The van der Waals surface area contributed by atoms with Crippen LogP contribution in [0.25, 0.3) is 10.9 Å². The fraction of sp³-hybridized carbons (Fsp3) is 0.452. The van der Waals surface area contributed by atoms with Crippen molar-refractivity contribution in [3.05, 3.63) is 82.2 Å². The number of anilines is 2. The Morgan fingerprint density at radius 1 is 1.02 bits per heavy atom. The summed E-state index contributed by atoms with van der Waals surface area (Å²) < 4.78 is 7.58. The number of nitrogens with zero attached hydrogens (tertiary/aromatic N) is 3. The first-order chi connectivity index (χ1) is 25.6. The van der Waals surface area contributed by atoms with Crippen molar-refractivity contribution >= 4 is 63.2 Å². The number of para-hydroxylation sites is 2. The third kappa shape index (κ3) is 8.54. The van der Waals surface area contributed by atoms with Gasteiger partial charge < -0.3 is 29.7 Å². The van der Waals surface area contributed by atoms with Crippen LogP contribution in [0.1, 0.15) is 83.9 Å². The third-order valence-electron chi connectivity index (χ3n) is 10.0. The second kappa shape index (κ2) is 15.8. The molecule has 0 bridgehead atoms. The van der Waals surface area contributed by atoms with Crippen molar-refractivity contribution < 1.29 is 28.7 Å². The molecule has 2 N–H and O–H groups in total. The zero-order chi connectivity index (χ0) is 38.8. The average molecular weight is 754 g/mol. The zero-order valence-electron chi connectivity index (χ0n) is 32.1. The van der Waals surface area contributed by atoms with Crippen LogP contribution in [0.2, 0.25) is 0 Å². The molecule has 1 saturated heterocycles. The first-order valence-corrected chi connectivity index (χ1v) is 19.8. The van der Waals surface area contributed by atoms with Gasteiger partial charge in [-0.25, -0.2) is 4.79 Å². The summed E-state index contributed by atoms with van der Waals surface area (Å²) in [6.45, 7) is 12.1. The molecule has 54 heavy (non-hydrogen) atoms. The predicted octanol–water partition coefficient (Wildman–Crippen LogP) is 6.94. The van der Waals surface area contributed by atoms with E-state index in [9.17, 15) is 24.0 Å². The highest BCUT2D eigenvalue weighted by molar-refractivity contribution is 7.07. The van der Waals surface area contributed by atoms with Crippen LogP contribution in [-0.2, 0) is 49.8 Å². The van der Waals surface area contributed by atoms with Crippen molar-refractivity contribution in [1.82, 2.24) is 15.2 Å². The summed E-state index contributed by atoms with van der Waals surface area (Å²) in [4.78, 5) is 72.2. The maximum atomic E-state index is 14.6. The Hall–Kier alpha value is -4.97. The lowest BCUT2D eigenvalue weighted by atomic mass is 9.85. The normalized spacial score (nSPS) is 16.7. The maximum absolute atomic E-state index is 14.6. The van der Waals surface area contributed by atoms with Gasteiger partial charge in [0.2, 0.25) is 17.7 Å². The van der Waals surface area contributed by atoms with E-state index in [-0.39, 0.29) is 30.4 Å². The second-order valence-corrected chi connectivity index (χ2v) is 16.7. The van der Waals surface area contributed by atoms with Gasteiger partial charge in [0.25, 0.3) is 0 Å². The molecule has 1 fully saturated rings. The maximum Gasteiger partial charge on any atom is 0.408 e. The predicted molar refractivity (Wildman–Crippen MR) is 212 cm³/mol. The molecule has 2 atom stereocenters. The number of aryl methyl sites for hydroxylation is 1. The number of nitrogens with one attached hydrogen (secondary N) is 2. The van der Waals surface area contributed by atoms with Crippen LogP contribution in [-0.4, -0.2) is 57.9 Å². The number of rotatable bonds is 13. The lowest BCUT2D eigenvalue weighted by molar-refractivity contribution is -0.132. The van der Waals surface area contributed by atoms with Crippen molar-refractivity contribution in [3.8, 4) is 0 Å². The number of fused-ring (bicyclic) bond motifs is 2. The molecule has 0 spiro atoms. The van der Waals surface area contributed by atoms with Crippen molar-refractivity contribution in [2.75, 3.05) is 16.3 Å². The third-order valence-corrected chi connectivity index (χ3v) is 10.7. The second-order valence-electron chi connectivity index (χ2n) is 15.9. The number of hydrogen-bond acceptors (Lipinski definition) is 7. The van der Waals surface area contributed by atoms with E-state index in [0.29, 0.717) is 25.9 Å². The van der Waals surface area contributed by atoms with E-state index in [4.69, 9.17) is 4.74 Å². The molecule has 286 valence electrons. The first-order valence-electron chi connectivity index (χ1n) is 18.8. The summed E-state index contributed by atoms with van der Waals surface area (Å²) >= 11 is 1.54. The fourth-order valence-corrected chi connectivity index (χ4v) is 8.12. The number of thiophene rings is 1. The zero-order valence-corrected chi connectivity index (χ0v) is 32.9. The Kier molecular flexibility index (Phi) is 11.3. The van der Waals surface area contributed by atoms with Crippen molar-refractivity contribution in [2.45, 2.75) is 110 Å². The topological polar surface area (TPSA) is 130 Å². The fourth-order valence-electron chi connectivity index (χ4n) is 7.46. The van der Waals surface area contributed by atoms with Crippen molar-refractivity contribution in [3.63, 3.8) is 0 Å². The van der Waals surface area contributed by atoms with Crippen molar-refractivity contribution in [1.29, 1.82) is 0 Å². The number of hydrogen-bond donors (Lipinski definition) is 2. The Balaban J connectivity index is 1.32. The van der Waals surface area contributed by atoms with Gasteiger partial charge in [-0.1, -0.05) is 37.3 Å². The molecule has 2 aromatic heterocycles. The molecule has 4 aromatic rings. The molecule has 1 unspecified atom stereocenters. The number of carbonyl (C=O) groups is 5. The number of alkyl carbamates (subject to hydrolysis) is 1. The summed E-state index contributed by atoms with van der Waals surface area (Å²) in [5.74, 6) is -1.69. The number of Topliss-reactive ketones (excluding diaryl/α,β-unsaturated/α-hetero) is 1. The van der Waals surface area contributed by atoms with Gasteiger partial charge in [-0.2, -0.15) is 11.3 Å². The number of amides is 4. The molecule has 6 rings (SSSR count). The number of carbonyl (C=O) groups excluding carboxylic acids is 5. The minimum atomic E-state index is -1.42. The molecular weight excluding hydrogens is 703 g/mol. The molecule has 4 heterocycles. The van der Waals surface area contributed by atoms with Gasteiger partial charge in [0.15, 0.2) is 5.78 Å². The van der Waals surface area contributed by atoms with E-state index in [0.717, 1.165) is 58.4 Å². The quantitative estimate of drug-likeness (QED) is 0.152. The Bertz CT molecular complexity index is 2040. The van der Waals surface area contributed by atoms with E-state index < -0.39 is 35.1 Å². The van der Waals surface area contributed by atoms with E-state index in [1.807, 2.05) is 65.5 Å². The van der Waals surface area contributed by atoms with Crippen LogP contribution in [0, 0.1) is 5.92 Å². The minimum absolute atomic E-state index is 0.0339. The summed E-state index contributed by atoms with van der Waals surface area (Å²) in [7, 11) is 0. The molecule has 11 nitrogen and oxygen atoms in total. The number of benzene rings is 2. The van der Waals surface area contributed by atoms with Crippen LogP contribution >= 0.6 is 11.3 Å². The molecule has 2 aliphatic heterocycles. The molecule has 2 aliphatic rings. The highest BCUT2D eigenvalue weighted by Gasteiger charge is 2.40. The van der Waals surface area contributed by atoms with Gasteiger partial charge in [0.1, 0.15) is 11.1 Å². The molecule has 12 heteroatoms. The van der Waals surface area contributed by atoms with Gasteiger partial charge >= 0.3 is 6.09 Å². The Morgan fingerprint density at radius 3 is 2.48 bits per heavy atom. The van der Waals surface area contributed by atoms with Crippen LogP contribution in [0.15, 0.2) is 65.5 Å². The number of ketones is 1. The molecule has 0 aliphatic carbocycles. The summed E-state index contributed by atoms with van der Waals surface area (Å²) in [5, 5.41) is 10.6. The van der Waals surface area contributed by atoms with E-state index >= 15 is 0 Å². The molecular formula is C42H51N5O6S.